The van der Waals surface area contributed by atoms with Crippen LogP contribution in [0.2, 0.25) is 0 Å². The molecule has 1 aliphatic heterocycles. The summed E-state index contributed by atoms with van der Waals surface area (Å²) in [5.41, 5.74) is 0.630. The summed E-state index contributed by atoms with van der Waals surface area (Å²) in [5.74, 6) is -2.58. The summed E-state index contributed by atoms with van der Waals surface area (Å²) in [6.07, 6.45) is 0.705. The number of halogens is 2. The molecule has 1 aromatic rings. The predicted octanol–water partition coefficient (Wildman–Crippen LogP) is 2.02. The molecular formula is C8H7F2NOS. The van der Waals surface area contributed by atoms with Crippen molar-refractivity contribution in [3.63, 3.8) is 0 Å². The molecule has 70 valence electrons. The maximum absolute atomic E-state index is 12.5. The minimum absolute atomic E-state index is 0.273. The van der Waals surface area contributed by atoms with Gasteiger partial charge >= 0.3 is 0 Å². The highest BCUT2D eigenvalue weighted by molar-refractivity contribution is 7.12. The number of nitrogens with zero attached hydrogens (tertiary/aromatic N) is 1. The van der Waals surface area contributed by atoms with Gasteiger partial charge in [-0.1, -0.05) is 0 Å². The van der Waals surface area contributed by atoms with Gasteiger partial charge in [0.2, 0.25) is 0 Å². The largest absolute Gasteiger partial charge is 0.358 e. The molecule has 1 fully saturated rings. The Morgan fingerprint density at radius 2 is 2.23 bits per heavy atom. The Morgan fingerprint density at radius 1 is 1.54 bits per heavy atom. The van der Waals surface area contributed by atoms with Gasteiger partial charge in [0.1, 0.15) is 0 Å². The van der Waals surface area contributed by atoms with Crippen LogP contribution in [0.15, 0.2) is 11.4 Å². The molecule has 0 spiro atoms. The molecule has 1 aliphatic rings. The Labute approximate surface area is 77.8 Å². The van der Waals surface area contributed by atoms with Gasteiger partial charge in [-0.3, -0.25) is 4.79 Å². The van der Waals surface area contributed by atoms with Gasteiger partial charge in [0.25, 0.3) is 5.92 Å². The molecular weight excluding hydrogens is 196 g/mol. The monoisotopic (exact) mass is 203 g/mol. The van der Waals surface area contributed by atoms with Crippen molar-refractivity contribution in [2.24, 2.45) is 0 Å². The molecule has 2 heterocycles. The molecule has 0 N–H and O–H groups in total. The minimum Gasteiger partial charge on any atom is -0.358 e. The van der Waals surface area contributed by atoms with Crippen LogP contribution in [0.3, 0.4) is 0 Å². The number of carbonyl (C=O) groups is 1. The Hall–Kier alpha value is -0.970. The fraction of sp³-hybridized carbons (Fsp3) is 0.375. The topological polar surface area (TPSA) is 20.3 Å². The lowest BCUT2D eigenvalue weighted by molar-refractivity contribution is -0.0262. The van der Waals surface area contributed by atoms with E-state index in [2.05, 4.69) is 0 Å². The van der Waals surface area contributed by atoms with Crippen LogP contribution >= 0.6 is 11.3 Å². The smallest absolute Gasteiger partial charge is 0.282 e. The van der Waals surface area contributed by atoms with Crippen LogP contribution in [-0.4, -0.2) is 25.3 Å². The van der Waals surface area contributed by atoms with Crippen molar-refractivity contribution in [2.75, 3.05) is 18.0 Å². The number of carbonyl (C=O) groups excluding carboxylic acids is 1. The summed E-state index contributed by atoms with van der Waals surface area (Å²) in [7, 11) is 0. The molecule has 0 radical (unpaired) electrons. The van der Waals surface area contributed by atoms with Crippen molar-refractivity contribution in [1.82, 2.24) is 0 Å². The van der Waals surface area contributed by atoms with E-state index < -0.39 is 5.92 Å². The van der Waals surface area contributed by atoms with Crippen LogP contribution in [0.25, 0.3) is 0 Å². The molecule has 1 saturated heterocycles. The number of rotatable bonds is 2. The summed E-state index contributed by atoms with van der Waals surface area (Å²) >= 11 is 1.27. The number of aldehydes is 1. The second-order valence-electron chi connectivity index (χ2n) is 3.00. The first-order valence-corrected chi connectivity index (χ1v) is 4.66. The van der Waals surface area contributed by atoms with Crippen molar-refractivity contribution < 1.29 is 13.6 Å². The minimum atomic E-state index is -2.58. The fourth-order valence-corrected chi connectivity index (χ4v) is 2.06. The number of anilines is 1. The highest BCUT2D eigenvalue weighted by Gasteiger charge is 2.44. The van der Waals surface area contributed by atoms with Crippen molar-refractivity contribution in [3.05, 3.63) is 16.3 Å². The van der Waals surface area contributed by atoms with Gasteiger partial charge in [-0.15, -0.1) is 11.3 Å². The quantitative estimate of drug-likeness (QED) is 0.685. The number of thiophene rings is 1. The fourth-order valence-electron chi connectivity index (χ4n) is 1.35. The maximum atomic E-state index is 12.5. The van der Waals surface area contributed by atoms with Crippen LogP contribution in [0.5, 0.6) is 0 Å². The van der Waals surface area contributed by atoms with E-state index >= 15 is 0 Å². The van der Waals surface area contributed by atoms with Gasteiger partial charge in [-0.05, 0) is 11.4 Å². The van der Waals surface area contributed by atoms with Gasteiger partial charge in [-0.25, -0.2) is 8.78 Å². The molecule has 0 aromatic carbocycles. The Morgan fingerprint density at radius 3 is 2.77 bits per heavy atom. The highest BCUT2D eigenvalue weighted by Crippen LogP contribution is 2.35. The number of alkyl halides is 2. The average molecular weight is 203 g/mol. The van der Waals surface area contributed by atoms with E-state index in [1.165, 1.54) is 16.2 Å². The van der Waals surface area contributed by atoms with Gasteiger partial charge < -0.3 is 4.90 Å². The summed E-state index contributed by atoms with van der Waals surface area (Å²) in [5, 5.41) is 1.73. The van der Waals surface area contributed by atoms with E-state index in [0.717, 1.165) is 0 Å². The van der Waals surface area contributed by atoms with Gasteiger partial charge in [0, 0.05) is 0 Å². The van der Waals surface area contributed by atoms with Gasteiger partial charge in [0.05, 0.1) is 23.7 Å². The first kappa shape index (κ1) is 8.62. The van der Waals surface area contributed by atoms with Crippen molar-refractivity contribution in [1.29, 1.82) is 0 Å². The highest BCUT2D eigenvalue weighted by atomic mass is 32.1. The van der Waals surface area contributed by atoms with E-state index in [1.54, 1.807) is 11.4 Å². The first-order chi connectivity index (χ1) is 6.12. The molecule has 2 nitrogen and oxygen atoms in total. The molecule has 5 heteroatoms. The standard InChI is InChI=1S/C8H7F2NOS/c9-8(10)4-11(5-8)6-1-2-13-7(6)3-12/h1-3H,4-5H2. The predicted molar refractivity (Wildman–Crippen MR) is 46.9 cm³/mol. The van der Waals surface area contributed by atoms with E-state index in [0.29, 0.717) is 16.9 Å². The third kappa shape index (κ3) is 1.44. The van der Waals surface area contributed by atoms with Crippen LogP contribution in [0.4, 0.5) is 14.5 Å². The molecule has 0 aliphatic carbocycles. The van der Waals surface area contributed by atoms with Crippen LogP contribution < -0.4 is 4.90 Å². The molecule has 2 rings (SSSR count). The summed E-state index contributed by atoms with van der Waals surface area (Å²) in [6, 6.07) is 1.70. The second-order valence-corrected chi connectivity index (χ2v) is 3.95. The summed E-state index contributed by atoms with van der Waals surface area (Å²) in [4.78, 5) is 12.5. The molecule has 0 saturated carbocycles. The number of hydrogen-bond donors (Lipinski definition) is 0. The average Bonchev–Trinajstić information content (AvgIpc) is 2.46. The molecule has 0 atom stereocenters. The normalized spacial score (nSPS) is 19.7. The van der Waals surface area contributed by atoms with Crippen molar-refractivity contribution in [2.45, 2.75) is 5.92 Å². The maximum Gasteiger partial charge on any atom is 0.282 e. The third-order valence-electron chi connectivity index (χ3n) is 1.97. The molecule has 0 unspecified atom stereocenters. The van der Waals surface area contributed by atoms with E-state index in [9.17, 15) is 13.6 Å². The van der Waals surface area contributed by atoms with Crippen molar-refractivity contribution >= 4 is 23.3 Å². The van der Waals surface area contributed by atoms with Crippen LogP contribution in [-0.2, 0) is 0 Å². The lowest BCUT2D eigenvalue weighted by Gasteiger charge is -2.40. The lowest BCUT2D eigenvalue weighted by Crippen LogP contribution is -2.56. The zero-order valence-electron chi connectivity index (χ0n) is 6.67. The molecule has 0 amide bonds. The Kier molecular flexibility index (Phi) is 1.83. The van der Waals surface area contributed by atoms with E-state index in [1.807, 2.05) is 0 Å². The lowest BCUT2D eigenvalue weighted by atomic mass is 10.1. The van der Waals surface area contributed by atoms with E-state index in [4.69, 9.17) is 0 Å². The van der Waals surface area contributed by atoms with Gasteiger partial charge in [-0.2, -0.15) is 0 Å². The zero-order valence-corrected chi connectivity index (χ0v) is 7.48. The van der Waals surface area contributed by atoms with Gasteiger partial charge in [0.15, 0.2) is 6.29 Å². The first-order valence-electron chi connectivity index (χ1n) is 3.78. The Bertz CT molecular complexity index is 329. The molecule has 13 heavy (non-hydrogen) atoms. The third-order valence-corrected chi connectivity index (χ3v) is 2.80. The zero-order chi connectivity index (χ0) is 9.47. The van der Waals surface area contributed by atoms with E-state index in [-0.39, 0.29) is 13.1 Å². The number of hydrogen-bond acceptors (Lipinski definition) is 3. The SMILES string of the molecule is O=Cc1sccc1N1CC(F)(F)C1. The Balaban J connectivity index is 2.15. The molecule has 1 aromatic heterocycles. The molecule has 0 bridgehead atoms. The van der Waals surface area contributed by atoms with Crippen LogP contribution in [0, 0.1) is 0 Å². The second kappa shape index (κ2) is 2.77. The van der Waals surface area contributed by atoms with Crippen molar-refractivity contribution in [3.8, 4) is 0 Å². The van der Waals surface area contributed by atoms with Crippen LogP contribution in [0.1, 0.15) is 9.67 Å². The summed E-state index contributed by atoms with van der Waals surface area (Å²) < 4.78 is 25.0. The summed E-state index contributed by atoms with van der Waals surface area (Å²) in [6.45, 7) is -0.546.